The number of amides is 1. The van der Waals surface area contributed by atoms with Gasteiger partial charge in [-0.15, -0.1) is 0 Å². The number of aryl methyl sites for hydroxylation is 1. The smallest absolute Gasteiger partial charge is 0.272 e. The Morgan fingerprint density at radius 1 is 1.03 bits per heavy atom. The Bertz CT molecular complexity index is 1150. The van der Waals surface area contributed by atoms with Crippen molar-refractivity contribution < 1.29 is 4.79 Å². The molecule has 0 saturated carbocycles. The average Bonchev–Trinajstić information content (AvgIpc) is 3.08. The number of carbonyl (C=O) groups is 1. The van der Waals surface area contributed by atoms with E-state index in [9.17, 15) is 4.79 Å². The van der Waals surface area contributed by atoms with Gasteiger partial charge in [0.1, 0.15) is 0 Å². The number of nitrogens with one attached hydrogen (secondary N) is 1. The first kappa shape index (κ1) is 19.2. The van der Waals surface area contributed by atoms with Crippen LogP contribution in [0.15, 0.2) is 66.7 Å². The molecule has 0 aliphatic carbocycles. The van der Waals surface area contributed by atoms with Crippen molar-refractivity contribution in [2.75, 3.05) is 6.54 Å². The van der Waals surface area contributed by atoms with Crippen molar-refractivity contribution in [3.63, 3.8) is 0 Å². The average molecular weight is 405 g/mol. The van der Waals surface area contributed by atoms with Gasteiger partial charge >= 0.3 is 0 Å². The van der Waals surface area contributed by atoms with Gasteiger partial charge in [-0.05, 0) is 42.8 Å². The Hall–Kier alpha value is -3.18. The van der Waals surface area contributed by atoms with E-state index in [4.69, 9.17) is 11.6 Å². The molecule has 0 saturated heterocycles. The highest BCUT2D eigenvalue weighted by Gasteiger charge is 2.17. The Morgan fingerprint density at radius 2 is 1.83 bits per heavy atom. The van der Waals surface area contributed by atoms with Gasteiger partial charge in [0.25, 0.3) is 5.91 Å². The third-order valence-electron chi connectivity index (χ3n) is 4.73. The van der Waals surface area contributed by atoms with E-state index in [1.807, 2.05) is 78.3 Å². The highest BCUT2D eigenvalue weighted by atomic mass is 35.5. The summed E-state index contributed by atoms with van der Waals surface area (Å²) >= 11 is 5.98. The van der Waals surface area contributed by atoms with E-state index in [1.165, 1.54) is 0 Å². The van der Waals surface area contributed by atoms with E-state index >= 15 is 0 Å². The molecule has 6 heteroatoms. The normalized spacial score (nSPS) is 11.0. The van der Waals surface area contributed by atoms with E-state index in [1.54, 1.807) is 0 Å². The van der Waals surface area contributed by atoms with Crippen molar-refractivity contribution in [1.82, 2.24) is 20.1 Å². The summed E-state index contributed by atoms with van der Waals surface area (Å²) in [7, 11) is 0. The second-order valence-electron chi connectivity index (χ2n) is 6.93. The number of hydrogen-bond donors (Lipinski definition) is 1. The van der Waals surface area contributed by atoms with Gasteiger partial charge in [0.2, 0.25) is 0 Å². The van der Waals surface area contributed by atoms with Crippen LogP contribution in [-0.4, -0.2) is 27.2 Å². The Kier molecular flexibility index (Phi) is 5.58. The summed E-state index contributed by atoms with van der Waals surface area (Å²) in [6, 6.07) is 21.3. The maximum atomic E-state index is 12.8. The minimum atomic E-state index is -0.177. The molecule has 29 heavy (non-hydrogen) atoms. The molecule has 4 rings (SSSR count). The van der Waals surface area contributed by atoms with Gasteiger partial charge in [0.05, 0.1) is 12.1 Å². The summed E-state index contributed by atoms with van der Waals surface area (Å²) in [6.07, 6.45) is 0.677. The predicted octanol–water partition coefficient (Wildman–Crippen LogP) is 4.41. The fraction of sp³-hybridized carbons (Fsp3) is 0.174. The summed E-state index contributed by atoms with van der Waals surface area (Å²) < 4.78 is 1.86. The lowest BCUT2D eigenvalue weighted by Gasteiger charge is -2.05. The number of halogens is 1. The first-order valence-corrected chi connectivity index (χ1v) is 9.89. The molecule has 2 aromatic carbocycles. The fourth-order valence-corrected chi connectivity index (χ4v) is 3.43. The van der Waals surface area contributed by atoms with E-state index in [2.05, 4.69) is 15.4 Å². The molecule has 0 unspecified atom stereocenters. The second kappa shape index (κ2) is 8.45. The Labute approximate surface area is 174 Å². The number of benzene rings is 2. The number of hydrogen-bond acceptors (Lipinski definition) is 3. The number of aromatic nitrogens is 3. The highest BCUT2D eigenvalue weighted by Crippen LogP contribution is 2.20. The molecule has 0 bridgehead atoms. The fourth-order valence-electron chi connectivity index (χ4n) is 3.30. The lowest BCUT2D eigenvalue weighted by atomic mass is 10.2. The third-order valence-corrected chi connectivity index (χ3v) is 4.98. The van der Waals surface area contributed by atoms with Gasteiger partial charge in [0.15, 0.2) is 5.69 Å². The van der Waals surface area contributed by atoms with Crippen molar-refractivity contribution >= 4 is 28.4 Å². The SMILES string of the molecule is Cc1cccc(CCNC(=O)c2nn(Cc3ccc(Cl)cc3)c3ccccc23)n1. The van der Waals surface area contributed by atoms with Gasteiger partial charge in [-0.25, -0.2) is 0 Å². The molecule has 2 aromatic heterocycles. The number of fused-ring (bicyclic) bond motifs is 1. The molecule has 1 amide bonds. The second-order valence-corrected chi connectivity index (χ2v) is 7.36. The number of nitrogens with zero attached hydrogens (tertiary/aromatic N) is 3. The zero-order valence-electron chi connectivity index (χ0n) is 16.1. The van der Waals surface area contributed by atoms with Crippen molar-refractivity contribution in [3.8, 4) is 0 Å². The minimum Gasteiger partial charge on any atom is -0.350 e. The van der Waals surface area contributed by atoms with Crippen molar-refractivity contribution in [1.29, 1.82) is 0 Å². The summed E-state index contributed by atoms with van der Waals surface area (Å²) in [5, 5.41) is 9.11. The van der Waals surface area contributed by atoms with Crippen molar-refractivity contribution in [3.05, 3.63) is 94.4 Å². The van der Waals surface area contributed by atoms with Crippen molar-refractivity contribution in [2.45, 2.75) is 19.9 Å². The molecular formula is C23H21ClN4O. The molecule has 4 aromatic rings. The van der Waals surface area contributed by atoms with Crippen LogP contribution in [0.3, 0.4) is 0 Å². The molecular weight excluding hydrogens is 384 g/mol. The van der Waals surface area contributed by atoms with Crippen LogP contribution in [-0.2, 0) is 13.0 Å². The van der Waals surface area contributed by atoms with Crippen LogP contribution in [0.25, 0.3) is 10.9 Å². The van der Waals surface area contributed by atoms with Crippen LogP contribution in [0.5, 0.6) is 0 Å². The lowest BCUT2D eigenvalue weighted by molar-refractivity contribution is 0.0950. The van der Waals surface area contributed by atoms with E-state index < -0.39 is 0 Å². The third kappa shape index (κ3) is 4.46. The standard InChI is InChI=1S/C23H21ClN4O/c1-16-5-4-6-19(26-16)13-14-25-23(29)22-20-7-2-3-8-21(20)28(27-22)15-17-9-11-18(24)12-10-17/h2-12H,13-15H2,1H3,(H,25,29). The van der Waals surface area contributed by atoms with Crippen molar-refractivity contribution in [2.24, 2.45) is 0 Å². The predicted molar refractivity (Wildman–Crippen MR) is 115 cm³/mol. The van der Waals surface area contributed by atoms with Gasteiger partial charge in [-0.2, -0.15) is 5.10 Å². The maximum Gasteiger partial charge on any atom is 0.272 e. The lowest BCUT2D eigenvalue weighted by Crippen LogP contribution is -2.26. The zero-order valence-corrected chi connectivity index (χ0v) is 16.9. The number of pyridine rings is 1. The molecule has 0 fully saturated rings. The molecule has 0 atom stereocenters. The Balaban J connectivity index is 1.52. The van der Waals surface area contributed by atoms with Gasteiger partial charge in [-0.3, -0.25) is 14.5 Å². The zero-order chi connectivity index (χ0) is 20.2. The first-order chi connectivity index (χ1) is 14.1. The van der Waals surface area contributed by atoms with Crippen LogP contribution in [0.2, 0.25) is 5.02 Å². The van der Waals surface area contributed by atoms with Gasteiger partial charge in [-0.1, -0.05) is 48.0 Å². The summed E-state index contributed by atoms with van der Waals surface area (Å²) in [4.78, 5) is 17.3. The molecule has 5 nitrogen and oxygen atoms in total. The highest BCUT2D eigenvalue weighted by molar-refractivity contribution is 6.30. The van der Waals surface area contributed by atoms with Crippen LogP contribution >= 0.6 is 11.6 Å². The quantitative estimate of drug-likeness (QED) is 0.517. The summed E-state index contributed by atoms with van der Waals surface area (Å²) in [5.74, 6) is -0.177. The van der Waals surface area contributed by atoms with Gasteiger partial charge < -0.3 is 5.32 Å². The van der Waals surface area contributed by atoms with E-state index in [-0.39, 0.29) is 5.91 Å². The monoisotopic (exact) mass is 404 g/mol. The summed E-state index contributed by atoms with van der Waals surface area (Å²) in [5.41, 5.74) is 4.36. The Morgan fingerprint density at radius 3 is 2.62 bits per heavy atom. The van der Waals surface area contributed by atoms with E-state index in [0.717, 1.165) is 27.9 Å². The number of rotatable bonds is 6. The molecule has 2 heterocycles. The molecule has 1 N–H and O–H groups in total. The topological polar surface area (TPSA) is 59.8 Å². The van der Waals surface area contributed by atoms with Gasteiger partial charge in [0, 0.05) is 34.8 Å². The van der Waals surface area contributed by atoms with Crippen LogP contribution in [0, 0.1) is 6.92 Å². The van der Waals surface area contributed by atoms with E-state index in [0.29, 0.717) is 30.2 Å². The first-order valence-electron chi connectivity index (χ1n) is 9.51. The van der Waals surface area contributed by atoms with Crippen LogP contribution < -0.4 is 5.32 Å². The molecule has 0 aliphatic rings. The molecule has 0 aliphatic heterocycles. The van der Waals surface area contributed by atoms with Crippen LogP contribution in [0.1, 0.15) is 27.4 Å². The minimum absolute atomic E-state index is 0.177. The molecule has 0 spiro atoms. The molecule has 0 radical (unpaired) electrons. The largest absolute Gasteiger partial charge is 0.350 e. The number of para-hydroxylation sites is 1. The van der Waals surface area contributed by atoms with Crippen LogP contribution in [0.4, 0.5) is 0 Å². The molecule has 146 valence electrons. The summed E-state index contributed by atoms with van der Waals surface area (Å²) in [6.45, 7) is 3.04. The number of carbonyl (C=O) groups excluding carboxylic acids is 1. The maximum absolute atomic E-state index is 12.8.